The van der Waals surface area contributed by atoms with Gasteiger partial charge in [-0.3, -0.25) is 9.59 Å². The molecule has 0 aromatic rings. The lowest BCUT2D eigenvalue weighted by atomic mass is 10.1. The van der Waals surface area contributed by atoms with Crippen LogP contribution in [0.4, 0.5) is 0 Å². The average molecular weight is 733 g/mol. The van der Waals surface area contributed by atoms with Crippen LogP contribution in [0.15, 0.2) is 48.6 Å². The van der Waals surface area contributed by atoms with Crippen molar-refractivity contribution in [3.05, 3.63) is 48.6 Å². The fourth-order valence-corrected chi connectivity index (χ4v) is 5.79. The zero-order valence-corrected chi connectivity index (χ0v) is 34.0. The first-order valence-corrected chi connectivity index (χ1v) is 20.7. The van der Waals surface area contributed by atoms with E-state index in [9.17, 15) is 19.5 Å². The van der Waals surface area contributed by atoms with Crippen molar-refractivity contribution < 1.29 is 38.2 Å². The van der Waals surface area contributed by atoms with Crippen molar-refractivity contribution in [2.24, 2.45) is 0 Å². The molecule has 0 bridgehead atoms. The minimum Gasteiger partial charge on any atom is -0.477 e. The van der Waals surface area contributed by atoms with Crippen molar-refractivity contribution in [1.82, 2.24) is 0 Å². The molecule has 8 nitrogen and oxygen atoms in total. The van der Waals surface area contributed by atoms with E-state index < -0.39 is 18.1 Å². The Labute approximate surface area is 318 Å². The average Bonchev–Trinajstić information content (AvgIpc) is 3.09. The Morgan fingerprint density at radius 3 is 1.65 bits per heavy atom. The maximum atomic E-state index is 12.7. The number of carbonyl (C=O) groups is 3. The van der Waals surface area contributed by atoms with Crippen LogP contribution in [0.3, 0.4) is 0 Å². The smallest absolute Gasteiger partial charge is 0.362 e. The Morgan fingerprint density at radius 1 is 0.596 bits per heavy atom. The number of nitrogens with zero attached hydrogens (tertiary/aromatic N) is 1. The number of esters is 2. The number of hydrogen-bond donors (Lipinski definition) is 1. The van der Waals surface area contributed by atoms with Crippen LogP contribution in [0.2, 0.25) is 0 Å². The van der Waals surface area contributed by atoms with Crippen molar-refractivity contribution in [3.63, 3.8) is 0 Å². The summed E-state index contributed by atoms with van der Waals surface area (Å²) in [5.41, 5.74) is 0. The molecule has 2 atom stereocenters. The number of carboxylic acid groups (broad SMARTS) is 1. The molecule has 0 aromatic heterocycles. The molecule has 0 aliphatic carbocycles. The quantitative estimate of drug-likeness (QED) is 0.0225. The molecule has 0 spiro atoms. The first-order chi connectivity index (χ1) is 25.1. The topological polar surface area (TPSA) is 99.1 Å². The summed E-state index contributed by atoms with van der Waals surface area (Å²) in [6.45, 7) is 4.56. The molecule has 0 rings (SSSR count). The minimum absolute atomic E-state index is 0.0506. The third-order valence-corrected chi connectivity index (χ3v) is 9.02. The Bertz CT molecular complexity index is 995. The van der Waals surface area contributed by atoms with Crippen molar-refractivity contribution in [3.8, 4) is 0 Å². The number of ether oxygens (including phenoxy) is 3. The summed E-state index contributed by atoms with van der Waals surface area (Å²) >= 11 is 0. The number of quaternary nitrogens is 1. The fraction of sp³-hybridized carbons (Fsp3) is 0.750. The summed E-state index contributed by atoms with van der Waals surface area (Å²) in [5, 5.41) is 9.60. The van der Waals surface area contributed by atoms with Gasteiger partial charge >= 0.3 is 17.9 Å². The SMILES string of the molecule is CC/C=C/C=C/C=C/CCCCCCCCCC(=O)OC(COCCC(C(=O)O)[N+](C)(C)C)COC(=O)CCCCC/C=C/CCCCCCCC. The Balaban J connectivity index is 4.43. The summed E-state index contributed by atoms with van der Waals surface area (Å²) in [5.74, 6) is -1.51. The molecule has 0 aromatic carbocycles. The molecule has 0 heterocycles. The van der Waals surface area contributed by atoms with Crippen LogP contribution in [-0.2, 0) is 28.6 Å². The molecule has 0 saturated heterocycles. The van der Waals surface area contributed by atoms with Crippen LogP contribution in [0, 0.1) is 0 Å². The van der Waals surface area contributed by atoms with Crippen LogP contribution in [-0.4, -0.2) is 80.6 Å². The normalized spacial score (nSPS) is 13.5. The molecule has 0 fully saturated rings. The Hall–Kier alpha value is -2.71. The summed E-state index contributed by atoms with van der Waals surface area (Å²) in [7, 11) is 5.51. The van der Waals surface area contributed by atoms with E-state index in [4.69, 9.17) is 14.2 Å². The lowest BCUT2D eigenvalue weighted by Gasteiger charge is -2.31. The van der Waals surface area contributed by atoms with Gasteiger partial charge in [0.15, 0.2) is 12.1 Å². The predicted molar refractivity (Wildman–Crippen MR) is 215 cm³/mol. The van der Waals surface area contributed by atoms with E-state index in [1.54, 1.807) is 0 Å². The number of hydrogen-bond acceptors (Lipinski definition) is 6. The van der Waals surface area contributed by atoms with E-state index in [1.807, 2.05) is 21.1 Å². The molecule has 0 saturated carbocycles. The first-order valence-electron chi connectivity index (χ1n) is 20.7. The number of carbonyl (C=O) groups excluding carboxylic acids is 2. The molecule has 300 valence electrons. The summed E-state index contributed by atoms with van der Waals surface area (Å²) in [6, 6.07) is -0.619. The van der Waals surface area contributed by atoms with Gasteiger partial charge in [-0.15, -0.1) is 0 Å². The van der Waals surface area contributed by atoms with Crippen LogP contribution < -0.4 is 0 Å². The van der Waals surface area contributed by atoms with Crippen molar-refractivity contribution in [2.45, 2.75) is 174 Å². The molecule has 8 heteroatoms. The Kier molecular flexibility index (Phi) is 33.5. The monoisotopic (exact) mass is 733 g/mol. The van der Waals surface area contributed by atoms with Gasteiger partial charge < -0.3 is 23.8 Å². The molecular formula is C44H78NO7+. The minimum atomic E-state index is -0.881. The fourth-order valence-electron chi connectivity index (χ4n) is 5.79. The number of aliphatic carboxylic acids is 1. The zero-order chi connectivity index (χ0) is 38.5. The second-order valence-corrected chi connectivity index (χ2v) is 14.9. The number of unbranched alkanes of at least 4 members (excludes halogenated alkanes) is 16. The highest BCUT2D eigenvalue weighted by atomic mass is 16.6. The zero-order valence-electron chi connectivity index (χ0n) is 34.0. The lowest BCUT2D eigenvalue weighted by Crippen LogP contribution is -2.50. The van der Waals surface area contributed by atoms with Gasteiger partial charge in [-0.25, -0.2) is 4.79 Å². The van der Waals surface area contributed by atoms with E-state index in [2.05, 4.69) is 62.5 Å². The van der Waals surface area contributed by atoms with Gasteiger partial charge in [-0.1, -0.05) is 133 Å². The van der Waals surface area contributed by atoms with Gasteiger partial charge in [0, 0.05) is 19.3 Å². The molecule has 0 aliphatic rings. The highest BCUT2D eigenvalue weighted by Gasteiger charge is 2.31. The number of carboxylic acids is 1. The van der Waals surface area contributed by atoms with Gasteiger partial charge in [-0.2, -0.15) is 0 Å². The van der Waals surface area contributed by atoms with Crippen LogP contribution in [0.1, 0.15) is 162 Å². The predicted octanol–water partition coefficient (Wildman–Crippen LogP) is 10.9. The second-order valence-electron chi connectivity index (χ2n) is 14.9. The number of rotatable bonds is 36. The number of allylic oxidation sites excluding steroid dienone is 8. The van der Waals surface area contributed by atoms with E-state index in [-0.39, 0.29) is 36.2 Å². The summed E-state index contributed by atoms with van der Waals surface area (Å²) < 4.78 is 17.2. The molecule has 52 heavy (non-hydrogen) atoms. The molecule has 2 unspecified atom stereocenters. The number of likely N-dealkylation sites (N-methyl/N-ethyl adjacent to an activating group) is 1. The van der Waals surface area contributed by atoms with Crippen LogP contribution in [0.25, 0.3) is 0 Å². The second kappa shape index (κ2) is 35.3. The van der Waals surface area contributed by atoms with Gasteiger partial charge in [0.25, 0.3) is 0 Å². The van der Waals surface area contributed by atoms with Crippen LogP contribution in [0.5, 0.6) is 0 Å². The third kappa shape index (κ3) is 33.1. The van der Waals surface area contributed by atoms with Crippen molar-refractivity contribution in [2.75, 3.05) is 41.0 Å². The maximum absolute atomic E-state index is 12.7. The summed E-state index contributed by atoms with van der Waals surface area (Å²) in [6.07, 6.45) is 40.1. The molecular weight excluding hydrogens is 654 g/mol. The van der Waals surface area contributed by atoms with Crippen molar-refractivity contribution in [1.29, 1.82) is 0 Å². The first kappa shape index (κ1) is 49.3. The standard InChI is InChI=1S/C44H77NO7/c1-6-8-10-12-14-16-18-20-21-23-25-27-29-31-33-35-43(47)52-40(38-50-37-36-41(44(48)49)45(3,4)5)39-51-42(46)34-32-30-28-26-24-22-19-17-15-13-11-9-7-2/h8,10,12,14,16,18,22,24,40-41H,6-7,9,11,13,15,17,19-21,23,25-39H2,1-5H3/p+1/b10-8+,14-12+,18-16+,24-22+. The maximum Gasteiger partial charge on any atom is 0.362 e. The van der Waals surface area contributed by atoms with E-state index >= 15 is 0 Å². The Morgan fingerprint density at radius 2 is 1.10 bits per heavy atom. The lowest BCUT2D eigenvalue weighted by molar-refractivity contribution is -0.887. The molecule has 1 N–H and O–H groups in total. The van der Waals surface area contributed by atoms with Gasteiger partial charge in [0.05, 0.1) is 34.4 Å². The van der Waals surface area contributed by atoms with Gasteiger partial charge in [-0.05, 0) is 57.8 Å². The van der Waals surface area contributed by atoms with Gasteiger partial charge in [0.1, 0.15) is 6.61 Å². The third-order valence-electron chi connectivity index (χ3n) is 9.02. The molecule has 0 aliphatic heterocycles. The molecule has 0 radical (unpaired) electrons. The highest BCUT2D eigenvalue weighted by Crippen LogP contribution is 2.13. The van der Waals surface area contributed by atoms with E-state index in [0.717, 1.165) is 70.6 Å². The van der Waals surface area contributed by atoms with Gasteiger partial charge in [0.2, 0.25) is 0 Å². The van der Waals surface area contributed by atoms with E-state index in [1.165, 1.54) is 57.8 Å². The summed E-state index contributed by atoms with van der Waals surface area (Å²) in [4.78, 5) is 36.9. The van der Waals surface area contributed by atoms with E-state index in [0.29, 0.717) is 19.3 Å². The van der Waals surface area contributed by atoms with Crippen LogP contribution >= 0.6 is 0 Å². The largest absolute Gasteiger partial charge is 0.477 e. The highest BCUT2D eigenvalue weighted by molar-refractivity contribution is 5.72. The molecule has 0 amide bonds. The van der Waals surface area contributed by atoms with Crippen molar-refractivity contribution >= 4 is 17.9 Å².